The van der Waals surface area contributed by atoms with Gasteiger partial charge in [-0.3, -0.25) is 14.8 Å². The van der Waals surface area contributed by atoms with Crippen molar-refractivity contribution in [3.63, 3.8) is 0 Å². The van der Waals surface area contributed by atoms with Crippen molar-refractivity contribution in [2.45, 2.75) is 12.3 Å². The van der Waals surface area contributed by atoms with Crippen LogP contribution in [-0.4, -0.2) is 43.8 Å². The van der Waals surface area contributed by atoms with E-state index in [-0.39, 0.29) is 17.6 Å². The number of halogens is 1. The highest BCUT2D eigenvalue weighted by atomic mass is 19.1. The van der Waals surface area contributed by atoms with Gasteiger partial charge in [-0.15, -0.1) is 0 Å². The lowest BCUT2D eigenvalue weighted by Gasteiger charge is -2.16. The summed E-state index contributed by atoms with van der Waals surface area (Å²) in [6.45, 7) is 1.12. The Morgan fingerprint density at radius 3 is 2.67 bits per heavy atom. The fourth-order valence-electron chi connectivity index (χ4n) is 3.90. The molecule has 1 aliphatic rings. The molecule has 33 heavy (non-hydrogen) atoms. The number of anilines is 2. The fourth-order valence-corrected chi connectivity index (χ4v) is 3.90. The van der Waals surface area contributed by atoms with Gasteiger partial charge in [0.1, 0.15) is 23.2 Å². The third-order valence-corrected chi connectivity index (χ3v) is 5.54. The molecular formula is C25H21FN6O. The third-order valence-electron chi connectivity index (χ3n) is 5.54. The lowest BCUT2D eigenvalue weighted by Crippen LogP contribution is -2.29. The van der Waals surface area contributed by atoms with Gasteiger partial charge in [-0.2, -0.15) is 0 Å². The van der Waals surface area contributed by atoms with Crippen molar-refractivity contribution in [1.29, 1.82) is 0 Å². The van der Waals surface area contributed by atoms with Crippen molar-refractivity contribution in [3.05, 3.63) is 96.6 Å². The molecule has 1 saturated heterocycles. The number of carbonyl (C=O) groups is 1. The molecule has 5 rings (SSSR count). The van der Waals surface area contributed by atoms with Gasteiger partial charge in [0.25, 0.3) is 5.91 Å². The molecule has 1 amide bonds. The first-order chi connectivity index (χ1) is 16.2. The SMILES string of the molecule is O=C(c1ccccn1)N1CCC(c2nc(Nc3cccc(F)c3)cc(-c3ccncc3)n2)C1. The van der Waals surface area contributed by atoms with Gasteiger partial charge in [0.2, 0.25) is 0 Å². The summed E-state index contributed by atoms with van der Waals surface area (Å²) >= 11 is 0. The Kier molecular flexibility index (Phi) is 5.72. The molecule has 0 aliphatic carbocycles. The molecule has 0 radical (unpaired) electrons. The van der Waals surface area contributed by atoms with Crippen molar-refractivity contribution in [2.75, 3.05) is 18.4 Å². The number of hydrogen-bond donors (Lipinski definition) is 1. The van der Waals surface area contributed by atoms with Gasteiger partial charge in [-0.1, -0.05) is 12.1 Å². The van der Waals surface area contributed by atoms with Crippen molar-refractivity contribution < 1.29 is 9.18 Å². The number of hydrogen-bond acceptors (Lipinski definition) is 6. The van der Waals surface area contributed by atoms with Crippen molar-refractivity contribution in [1.82, 2.24) is 24.8 Å². The largest absolute Gasteiger partial charge is 0.340 e. The van der Waals surface area contributed by atoms with Crippen molar-refractivity contribution >= 4 is 17.4 Å². The maximum atomic E-state index is 13.7. The van der Waals surface area contributed by atoms with Crippen molar-refractivity contribution in [2.24, 2.45) is 0 Å². The van der Waals surface area contributed by atoms with Crippen LogP contribution >= 0.6 is 0 Å². The number of carbonyl (C=O) groups excluding carboxylic acids is 1. The minimum Gasteiger partial charge on any atom is -0.340 e. The molecular weight excluding hydrogens is 419 g/mol. The van der Waals surface area contributed by atoms with Gasteiger partial charge in [-0.25, -0.2) is 14.4 Å². The number of nitrogens with one attached hydrogen (secondary N) is 1. The second-order valence-corrected chi connectivity index (χ2v) is 7.82. The molecule has 0 saturated carbocycles. The van der Waals surface area contributed by atoms with E-state index >= 15 is 0 Å². The second kappa shape index (κ2) is 9.12. The average Bonchev–Trinajstić information content (AvgIpc) is 3.35. The Bertz CT molecular complexity index is 1270. The predicted octanol–water partition coefficient (Wildman–Crippen LogP) is 4.45. The Morgan fingerprint density at radius 1 is 1.00 bits per heavy atom. The summed E-state index contributed by atoms with van der Waals surface area (Å²) in [5, 5.41) is 3.18. The lowest BCUT2D eigenvalue weighted by atomic mass is 10.1. The summed E-state index contributed by atoms with van der Waals surface area (Å²) in [5.41, 5.74) is 2.66. The summed E-state index contributed by atoms with van der Waals surface area (Å²) < 4.78 is 13.7. The van der Waals surface area contributed by atoms with Crippen molar-refractivity contribution in [3.8, 4) is 11.3 Å². The second-order valence-electron chi connectivity index (χ2n) is 7.82. The van der Waals surface area contributed by atoms with E-state index in [9.17, 15) is 9.18 Å². The maximum Gasteiger partial charge on any atom is 0.272 e. The van der Waals surface area contributed by atoms with Crippen LogP contribution in [0.3, 0.4) is 0 Å². The van der Waals surface area contributed by atoms with Crippen LogP contribution in [-0.2, 0) is 0 Å². The molecule has 7 nitrogen and oxygen atoms in total. The van der Waals surface area contributed by atoms with E-state index in [2.05, 4.69) is 15.3 Å². The fraction of sp³-hybridized carbons (Fsp3) is 0.160. The van der Waals surface area contributed by atoms with E-state index in [1.165, 1.54) is 12.1 Å². The van der Waals surface area contributed by atoms with Crippen LogP contribution in [0.4, 0.5) is 15.9 Å². The predicted molar refractivity (Wildman–Crippen MR) is 122 cm³/mol. The van der Waals surface area contributed by atoms with E-state index in [1.807, 2.05) is 18.2 Å². The summed E-state index contributed by atoms with van der Waals surface area (Å²) in [4.78, 5) is 32.4. The molecule has 164 valence electrons. The lowest BCUT2D eigenvalue weighted by molar-refractivity contribution is 0.0784. The van der Waals surface area contributed by atoms with Gasteiger partial charge in [0.05, 0.1) is 5.69 Å². The first-order valence-corrected chi connectivity index (χ1v) is 10.7. The quantitative estimate of drug-likeness (QED) is 0.494. The number of rotatable bonds is 5. The zero-order valence-electron chi connectivity index (χ0n) is 17.7. The minimum atomic E-state index is -0.330. The highest BCUT2D eigenvalue weighted by molar-refractivity contribution is 5.92. The topological polar surface area (TPSA) is 83.9 Å². The molecule has 1 fully saturated rings. The minimum absolute atomic E-state index is 0.0208. The van der Waals surface area contributed by atoms with Gasteiger partial charge in [0.15, 0.2) is 0 Å². The number of nitrogens with zero attached hydrogens (tertiary/aromatic N) is 5. The van der Waals surface area contributed by atoms with Crippen LogP contribution in [0, 0.1) is 5.82 Å². The van der Waals surface area contributed by atoms with Crippen LogP contribution in [0.15, 0.2) is 79.3 Å². The third kappa shape index (κ3) is 4.69. The van der Waals surface area contributed by atoms with Crippen LogP contribution in [0.1, 0.15) is 28.7 Å². The molecule has 0 spiro atoms. The van der Waals surface area contributed by atoms with E-state index in [4.69, 9.17) is 9.97 Å². The zero-order valence-corrected chi connectivity index (χ0v) is 17.7. The van der Waals surface area contributed by atoms with Crippen LogP contribution in [0.5, 0.6) is 0 Å². The first kappa shape index (κ1) is 20.7. The Labute approximate surface area is 190 Å². The van der Waals surface area contributed by atoms with Crippen LogP contribution in [0.2, 0.25) is 0 Å². The number of pyridine rings is 2. The van der Waals surface area contributed by atoms with Crippen LogP contribution < -0.4 is 5.32 Å². The zero-order chi connectivity index (χ0) is 22.6. The van der Waals surface area contributed by atoms with Gasteiger partial charge in [0, 0.05) is 54.9 Å². The monoisotopic (exact) mass is 440 g/mol. The normalized spacial score (nSPS) is 15.4. The molecule has 3 aromatic heterocycles. The highest BCUT2D eigenvalue weighted by Gasteiger charge is 2.30. The standard InChI is InChI=1S/C25H21FN6O/c26-19-4-3-5-20(14-19)29-23-15-22(17-7-11-27-12-8-17)30-24(31-23)18-9-13-32(16-18)25(33)21-6-1-2-10-28-21/h1-8,10-12,14-15,18H,9,13,16H2,(H,29,30,31). The Hall–Kier alpha value is -4.20. The smallest absolute Gasteiger partial charge is 0.272 e. The van der Waals surface area contributed by atoms with Gasteiger partial charge in [-0.05, 0) is 48.9 Å². The number of benzene rings is 1. The number of likely N-dealkylation sites (tertiary alicyclic amines) is 1. The molecule has 1 N–H and O–H groups in total. The number of aromatic nitrogens is 4. The summed E-state index contributed by atoms with van der Waals surface area (Å²) in [5.74, 6) is 0.753. The Morgan fingerprint density at radius 2 is 1.88 bits per heavy atom. The molecule has 1 aromatic carbocycles. The molecule has 1 aliphatic heterocycles. The molecule has 1 atom stereocenters. The molecule has 4 heterocycles. The molecule has 8 heteroatoms. The summed E-state index contributed by atoms with van der Waals surface area (Å²) in [7, 11) is 0. The maximum absolute atomic E-state index is 13.7. The average molecular weight is 440 g/mol. The summed E-state index contributed by atoms with van der Waals surface area (Å²) in [6, 6.07) is 17.1. The van der Waals surface area contributed by atoms with Gasteiger partial charge < -0.3 is 10.2 Å². The Balaban J connectivity index is 1.44. The summed E-state index contributed by atoms with van der Waals surface area (Å²) in [6.07, 6.45) is 5.78. The number of amides is 1. The first-order valence-electron chi connectivity index (χ1n) is 10.7. The van der Waals surface area contributed by atoms with E-state index in [0.717, 1.165) is 17.7 Å². The van der Waals surface area contributed by atoms with E-state index in [0.29, 0.717) is 36.1 Å². The van der Waals surface area contributed by atoms with E-state index in [1.54, 1.807) is 53.8 Å². The molecule has 4 aromatic rings. The van der Waals surface area contributed by atoms with Gasteiger partial charge >= 0.3 is 0 Å². The molecule has 0 bridgehead atoms. The van der Waals surface area contributed by atoms with E-state index < -0.39 is 0 Å². The van der Waals surface area contributed by atoms with Crippen LogP contribution in [0.25, 0.3) is 11.3 Å². The highest BCUT2D eigenvalue weighted by Crippen LogP contribution is 2.30. The molecule has 1 unspecified atom stereocenters.